The summed E-state index contributed by atoms with van der Waals surface area (Å²) in [5, 5.41) is 9.73. The van der Waals surface area contributed by atoms with E-state index in [2.05, 4.69) is 79.8 Å². The molecule has 4 heterocycles. The molecule has 6 rings (SSSR count). The van der Waals surface area contributed by atoms with E-state index in [9.17, 15) is 0 Å². The van der Waals surface area contributed by atoms with Crippen LogP contribution in [0.2, 0.25) is 0 Å². The van der Waals surface area contributed by atoms with Crippen molar-refractivity contribution >= 4 is 26.8 Å². The van der Waals surface area contributed by atoms with Crippen LogP contribution in [0.4, 0.5) is 0 Å². The minimum absolute atomic E-state index is 0.224. The van der Waals surface area contributed by atoms with Crippen LogP contribution in [0, 0.1) is 5.92 Å². The fraction of sp³-hybridized carbons (Fsp3) is 0.400. The Bertz CT molecular complexity index is 1350. The molecule has 1 aliphatic heterocycles. The van der Waals surface area contributed by atoms with Gasteiger partial charge in [0.1, 0.15) is 0 Å². The van der Waals surface area contributed by atoms with Crippen molar-refractivity contribution < 1.29 is 9.15 Å². The van der Waals surface area contributed by atoms with Crippen LogP contribution < -0.4 is 4.74 Å². The standard InChI is InChI=1S/C25H26BrN5O2/c1-14-7-18-17-5-4-6-20-23(17)19(9-21(18)30(2)12-14)25(31(20)3)32-13-22-28-29-24(33-22)15-8-16(26)11-27-10-15/h4-6,8,10-11,14,18,21H,7,9,12-13H2,1-3H3/t14-,18-,21-/m1/s1. The third-order valence-electron chi connectivity index (χ3n) is 7.15. The number of fused-ring (bicyclic) bond motifs is 2. The van der Waals surface area contributed by atoms with Crippen molar-refractivity contribution in [2.45, 2.75) is 38.3 Å². The molecule has 3 aromatic heterocycles. The minimum atomic E-state index is 0.224. The number of ether oxygens (including phenoxy) is 1. The first-order chi connectivity index (χ1) is 16.0. The normalized spacial score (nSPS) is 22.5. The van der Waals surface area contributed by atoms with Gasteiger partial charge in [-0.1, -0.05) is 19.1 Å². The molecule has 33 heavy (non-hydrogen) atoms. The molecule has 0 bridgehead atoms. The van der Waals surface area contributed by atoms with Gasteiger partial charge < -0.3 is 18.6 Å². The number of likely N-dealkylation sites (tertiary alicyclic amines) is 1. The molecule has 0 saturated carbocycles. The van der Waals surface area contributed by atoms with Crippen LogP contribution in [0.25, 0.3) is 22.4 Å². The zero-order valence-electron chi connectivity index (χ0n) is 19.0. The van der Waals surface area contributed by atoms with Crippen molar-refractivity contribution in [1.82, 2.24) is 24.6 Å². The second-order valence-electron chi connectivity index (χ2n) is 9.42. The van der Waals surface area contributed by atoms with Gasteiger partial charge in [-0.05, 0) is 59.4 Å². The molecule has 170 valence electrons. The number of halogens is 1. The van der Waals surface area contributed by atoms with E-state index < -0.39 is 0 Å². The molecule has 2 aliphatic rings. The largest absolute Gasteiger partial charge is 0.469 e. The summed E-state index contributed by atoms with van der Waals surface area (Å²) in [6.07, 6.45) is 5.67. The van der Waals surface area contributed by atoms with Crippen molar-refractivity contribution in [3.05, 3.63) is 58.1 Å². The van der Waals surface area contributed by atoms with Crippen LogP contribution in [-0.4, -0.2) is 44.3 Å². The maximum Gasteiger partial charge on any atom is 0.254 e. The highest BCUT2D eigenvalue weighted by Gasteiger charge is 2.40. The van der Waals surface area contributed by atoms with Gasteiger partial charge in [0.15, 0.2) is 12.5 Å². The number of pyridine rings is 1. The molecule has 0 amide bonds. The summed E-state index contributed by atoms with van der Waals surface area (Å²) in [7, 11) is 4.34. The monoisotopic (exact) mass is 507 g/mol. The predicted molar refractivity (Wildman–Crippen MR) is 129 cm³/mol. The smallest absolute Gasteiger partial charge is 0.254 e. The van der Waals surface area contributed by atoms with Crippen LogP contribution in [0.1, 0.15) is 36.3 Å². The van der Waals surface area contributed by atoms with E-state index in [1.165, 1.54) is 28.5 Å². The Morgan fingerprint density at radius 2 is 2.09 bits per heavy atom. The fourth-order valence-electron chi connectivity index (χ4n) is 5.80. The molecule has 1 aliphatic carbocycles. The lowest BCUT2D eigenvalue weighted by molar-refractivity contribution is 0.118. The van der Waals surface area contributed by atoms with Crippen LogP contribution >= 0.6 is 15.9 Å². The van der Waals surface area contributed by atoms with Crippen molar-refractivity contribution in [1.29, 1.82) is 0 Å². The summed E-state index contributed by atoms with van der Waals surface area (Å²) in [6, 6.07) is 9.09. The second-order valence-corrected chi connectivity index (χ2v) is 10.3. The second kappa shape index (κ2) is 7.95. The third kappa shape index (κ3) is 3.47. The maximum absolute atomic E-state index is 6.35. The van der Waals surface area contributed by atoms with E-state index in [0.29, 0.717) is 29.7 Å². The number of hydrogen-bond acceptors (Lipinski definition) is 6. The Morgan fingerprint density at radius 1 is 1.21 bits per heavy atom. The van der Waals surface area contributed by atoms with Crippen LogP contribution in [0.3, 0.4) is 0 Å². The number of likely N-dealkylation sites (N-methyl/N-ethyl adjacent to an activating group) is 1. The van der Waals surface area contributed by atoms with Crippen LogP contribution in [-0.2, 0) is 20.1 Å². The van der Waals surface area contributed by atoms with Crippen LogP contribution in [0.5, 0.6) is 5.88 Å². The van der Waals surface area contributed by atoms with Gasteiger partial charge in [-0.15, -0.1) is 10.2 Å². The number of aryl methyl sites for hydroxylation is 1. The van der Waals surface area contributed by atoms with Gasteiger partial charge in [0, 0.05) is 53.4 Å². The molecule has 4 aromatic rings. The first-order valence-corrected chi connectivity index (χ1v) is 12.2. The van der Waals surface area contributed by atoms with E-state index in [1.807, 2.05) is 6.07 Å². The lowest BCUT2D eigenvalue weighted by atomic mass is 9.73. The van der Waals surface area contributed by atoms with Crippen molar-refractivity contribution in [3.8, 4) is 17.3 Å². The number of hydrogen-bond donors (Lipinski definition) is 0. The number of benzene rings is 1. The molecular weight excluding hydrogens is 482 g/mol. The van der Waals surface area contributed by atoms with E-state index in [0.717, 1.165) is 28.9 Å². The molecule has 0 spiro atoms. The number of aromatic nitrogens is 4. The molecule has 1 fully saturated rings. The van der Waals surface area contributed by atoms with Gasteiger partial charge >= 0.3 is 0 Å². The summed E-state index contributed by atoms with van der Waals surface area (Å²) in [6.45, 7) is 3.73. The number of rotatable bonds is 4. The average molecular weight is 508 g/mol. The Morgan fingerprint density at radius 3 is 2.94 bits per heavy atom. The summed E-state index contributed by atoms with van der Waals surface area (Å²) >= 11 is 3.43. The number of nitrogens with zero attached hydrogens (tertiary/aromatic N) is 5. The average Bonchev–Trinajstić information content (AvgIpc) is 3.37. The summed E-state index contributed by atoms with van der Waals surface area (Å²) in [5.74, 6) is 3.05. The van der Waals surface area contributed by atoms with Crippen LogP contribution in [0.15, 0.2) is 45.5 Å². The summed E-state index contributed by atoms with van der Waals surface area (Å²) < 4.78 is 15.2. The van der Waals surface area contributed by atoms with E-state index in [1.54, 1.807) is 12.4 Å². The van der Waals surface area contributed by atoms with Crippen molar-refractivity contribution in [3.63, 3.8) is 0 Å². The summed E-state index contributed by atoms with van der Waals surface area (Å²) in [4.78, 5) is 6.70. The van der Waals surface area contributed by atoms with Gasteiger partial charge in [-0.3, -0.25) is 4.98 Å². The van der Waals surface area contributed by atoms with Gasteiger partial charge in [-0.2, -0.15) is 0 Å². The first-order valence-electron chi connectivity index (χ1n) is 11.4. The van der Waals surface area contributed by atoms with E-state index in [4.69, 9.17) is 9.15 Å². The predicted octanol–water partition coefficient (Wildman–Crippen LogP) is 4.94. The Kier molecular flexibility index (Phi) is 5.03. The van der Waals surface area contributed by atoms with E-state index in [-0.39, 0.29) is 6.61 Å². The molecule has 1 saturated heterocycles. The molecule has 7 nitrogen and oxygen atoms in total. The SMILES string of the molecule is C[C@@H]1C[C@@H]2c3cccc4c3c(c(OCc3nnc(-c5cncc(Br)c5)o3)n4C)C[C@H]2N(C)C1. The van der Waals surface area contributed by atoms with Gasteiger partial charge in [0.25, 0.3) is 5.89 Å². The highest BCUT2D eigenvalue weighted by Crippen LogP contribution is 2.47. The Labute approximate surface area is 200 Å². The molecule has 1 aromatic carbocycles. The summed E-state index contributed by atoms with van der Waals surface area (Å²) in [5.41, 5.74) is 4.75. The van der Waals surface area contributed by atoms with Crippen molar-refractivity contribution in [2.24, 2.45) is 13.0 Å². The molecule has 0 radical (unpaired) electrons. The molecule has 8 heteroatoms. The fourth-order valence-corrected chi connectivity index (χ4v) is 6.16. The lowest BCUT2D eigenvalue weighted by Crippen LogP contribution is -2.47. The molecule has 0 N–H and O–H groups in total. The quantitative estimate of drug-likeness (QED) is 0.389. The topological polar surface area (TPSA) is 69.2 Å². The van der Waals surface area contributed by atoms with Gasteiger partial charge in [-0.25, -0.2) is 0 Å². The maximum atomic E-state index is 6.35. The highest BCUT2D eigenvalue weighted by molar-refractivity contribution is 9.10. The highest BCUT2D eigenvalue weighted by atomic mass is 79.9. The van der Waals surface area contributed by atoms with E-state index >= 15 is 0 Å². The van der Waals surface area contributed by atoms with Crippen molar-refractivity contribution in [2.75, 3.05) is 13.6 Å². The zero-order valence-corrected chi connectivity index (χ0v) is 20.5. The molecule has 3 atom stereocenters. The molecular formula is C25H26BrN5O2. The molecule has 0 unspecified atom stereocenters. The first kappa shape index (κ1) is 20.9. The minimum Gasteiger partial charge on any atom is -0.469 e. The van der Waals surface area contributed by atoms with Gasteiger partial charge in [0.2, 0.25) is 5.89 Å². The third-order valence-corrected chi connectivity index (χ3v) is 7.58. The number of piperidine rings is 1. The zero-order chi connectivity index (χ0) is 22.7. The Hall–Kier alpha value is -2.71. The lowest BCUT2D eigenvalue weighted by Gasteiger charge is -2.44. The Balaban J connectivity index is 1.33. The van der Waals surface area contributed by atoms with Gasteiger partial charge in [0.05, 0.1) is 11.1 Å².